The Kier molecular flexibility index (Phi) is 7.71. The van der Waals surface area contributed by atoms with Crippen LogP contribution in [0.1, 0.15) is 11.1 Å². The minimum Gasteiger partial charge on any atom is -0.477 e. The van der Waals surface area contributed by atoms with Crippen molar-refractivity contribution in [1.82, 2.24) is 9.62 Å². The molecule has 0 aliphatic carbocycles. The summed E-state index contributed by atoms with van der Waals surface area (Å²) < 4.78 is 32.9. The molecule has 1 aliphatic heterocycles. The van der Waals surface area contributed by atoms with Crippen molar-refractivity contribution in [2.75, 3.05) is 31.6 Å². The molecule has 8 nitrogen and oxygen atoms in total. The molecule has 36 heavy (non-hydrogen) atoms. The molecular formula is C27H29N3O5S. The normalized spacial score (nSPS) is 15.2. The van der Waals surface area contributed by atoms with Crippen molar-refractivity contribution in [1.29, 1.82) is 0 Å². The summed E-state index contributed by atoms with van der Waals surface area (Å²) in [5.74, 6) is -0.394. The lowest BCUT2D eigenvalue weighted by Gasteiger charge is -2.35. The van der Waals surface area contributed by atoms with E-state index in [0.29, 0.717) is 24.4 Å². The van der Waals surface area contributed by atoms with Crippen LogP contribution in [0.15, 0.2) is 83.8 Å². The number of amides is 2. The predicted octanol–water partition coefficient (Wildman–Crippen LogP) is 2.77. The number of hydrogen-bond acceptors (Lipinski definition) is 5. The molecule has 1 heterocycles. The van der Waals surface area contributed by atoms with Gasteiger partial charge >= 0.3 is 0 Å². The van der Waals surface area contributed by atoms with E-state index in [2.05, 4.69) is 5.32 Å². The van der Waals surface area contributed by atoms with Crippen molar-refractivity contribution in [3.63, 3.8) is 0 Å². The fourth-order valence-corrected chi connectivity index (χ4v) is 5.07. The summed E-state index contributed by atoms with van der Waals surface area (Å²) in [6.07, 6.45) is -0.251. The maximum atomic E-state index is 13.3. The van der Waals surface area contributed by atoms with E-state index in [1.54, 1.807) is 36.4 Å². The third-order valence-corrected chi connectivity index (χ3v) is 7.83. The number of anilines is 1. The summed E-state index contributed by atoms with van der Waals surface area (Å²) in [6.45, 7) is 1.89. The number of carbonyl (C=O) groups excluding carboxylic acids is 2. The molecule has 0 saturated carbocycles. The number of benzene rings is 3. The Hall–Kier alpha value is -3.69. The van der Waals surface area contributed by atoms with Gasteiger partial charge in [-0.3, -0.25) is 9.59 Å². The molecule has 2 amide bonds. The molecule has 3 aromatic carbocycles. The van der Waals surface area contributed by atoms with Crippen LogP contribution in [-0.2, 0) is 26.0 Å². The zero-order valence-corrected chi connectivity index (χ0v) is 21.1. The van der Waals surface area contributed by atoms with Crippen molar-refractivity contribution in [2.24, 2.45) is 0 Å². The van der Waals surface area contributed by atoms with E-state index in [1.807, 2.05) is 37.3 Å². The number of ether oxygens (including phenoxy) is 1. The lowest BCUT2D eigenvalue weighted by atomic mass is 10.1. The largest absolute Gasteiger partial charge is 0.477 e. The second-order valence-electron chi connectivity index (χ2n) is 8.68. The van der Waals surface area contributed by atoms with Crippen LogP contribution in [0.4, 0.5) is 5.69 Å². The second kappa shape index (κ2) is 10.9. The van der Waals surface area contributed by atoms with Crippen molar-refractivity contribution >= 4 is 27.5 Å². The number of rotatable bonds is 8. The minimum atomic E-state index is -3.86. The summed E-state index contributed by atoms with van der Waals surface area (Å²) in [7, 11) is -2.49. The van der Waals surface area contributed by atoms with E-state index < -0.39 is 22.0 Å². The van der Waals surface area contributed by atoms with Crippen LogP contribution in [0.2, 0.25) is 0 Å². The minimum absolute atomic E-state index is 0.0224. The number of carbonyl (C=O) groups is 2. The van der Waals surface area contributed by atoms with E-state index >= 15 is 0 Å². The Labute approximate surface area is 211 Å². The quantitative estimate of drug-likeness (QED) is 0.506. The highest BCUT2D eigenvalue weighted by atomic mass is 32.2. The highest BCUT2D eigenvalue weighted by Crippen LogP contribution is 2.33. The van der Waals surface area contributed by atoms with Crippen molar-refractivity contribution < 1.29 is 22.7 Å². The number of hydrogen-bond donors (Lipinski definition) is 1. The van der Waals surface area contributed by atoms with E-state index in [-0.39, 0.29) is 23.9 Å². The summed E-state index contributed by atoms with van der Waals surface area (Å²) in [4.78, 5) is 27.7. The summed E-state index contributed by atoms with van der Waals surface area (Å²) in [5.41, 5.74) is 2.53. The van der Waals surface area contributed by atoms with Gasteiger partial charge < -0.3 is 15.0 Å². The van der Waals surface area contributed by atoms with Gasteiger partial charge in [0.05, 0.1) is 23.7 Å². The number of nitrogens with zero attached hydrogens (tertiary/aromatic N) is 2. The first-order chi connectivity index (χ1) is 17.3. The molecule has 0 aromatic heterocycles. The first-order valence-electron chi connectivity index (χ1n) is 11.7. The molecule has 1 aliphatic rings. The smallest absolute Gasteiger partial charge is 0.262 e. The molecule has 0 fully saturated rings. The summed E-state index contributed by atoms with van der Waals surface area (Å²) >= 11 is 0. The molecule has 0 spiro atoms. The fourth-order valence-electron chi connectivity index (χ4n) is 3.95. The zero-order chi connectivity index (χ0) is 25.7. The van der Waals surface area contributed by atoms with Crippen LogP contribution < -0.4 is 15.0 Å². The van der Waals surface area contributed by atoms with Gasteiger partial charge in [-0.1, -0.05) is 60.2 Å². The maximum Gasteiger partial charge on any atom is 0.262 e. The van der Waals surface area contributed by atoms with Crippen LogP contribution in [0.25, 0.3) is 0 Å². The number of para-hydroxylation sites is 2. The van der Waals surface area contributed by atoms with E-state index in [0.717, 1.165) is 15.4 Å². The molecule has 0 radical (unpaired) electrons. The molecule has 0 bridgehead atoms. The van der Waals surface area contributed by atoms with Crippen LogP contribution in [0, 0.1) is 6.92 Å². The molecule has 188 valence electrons. The second-order valence-corrected chi connectivity index (χ2v) is 10.7. The van der Waals surface area contributed by atoms with Gasteiger partial charge in [0.2, 0.25) is 15.9 Å². The lowest BCUT2D eigenvalue weighted by Crippen LogP contribution is -2.52. The van der Waals surface area contributed by atoms with Crippen molar-refractivity contribution in [3.05, 3.63) is 90.0 Å². The number of aryl methyl sites for hydroxylation is 1. The van der Waals surface area contributed by atoms with Crippen molar-refractivity contribution in [2.45, 2.75) is 24.3 Å². The zero-order valence-electron chi connectivity index (χ0n) is 20.3. The molecule has 9 heteroatoms. The van der Waals surface area contributed by atoms with Gasteiger partial charge in [0.1, 0.15) is 5.75 Å². The molecule has 0 unspecified atom stereocenters. The topological polar surface area (TPSA) is 96.0 Å². The molecule has 0 saturated heterocycles. The molecular weight excluding hydrogens is 478 g/mol. The van der Waals surface area contributed by atoms with Gasteiger partial charge in [0.25, 0.3) is 5.91 Å². The van der Waals surface area contributed by atoms with E-state index in [1.165, 1.54) is 24.1 Å². The first kappa shape index (κ1) is 25.4. The van der Waals surface area contributed by atoms with E-state index in [9.17, 15) is 18.0 Å². The standard InChI is InChI=1S/C27H29N3O5S/c1-20-12-14-22(15-13-20)36(33,34)29(2)19-26(31)30-18-25(35-24-11-7-6-10-23(24)30)27(32)28-17-16-21-8-4-3-5-9-21/h3-15,25H,16-19H2,1-2H3,(H,28,32)/t25-/m0/s1. The Morgan fingerprint density at radius 2 is 1.67 bits per heavy atom. The third kappa shape index (κ3) is 5.75. The maximum absolute atomic E-state index is 13.3. The number of fused-ring (bicyclic) bond motifs is 1. The highest BCUT2D eigenvalue weighted by molar-refractivity contribution is 7.89. The Morgan fingerprint density at radius 3 is 2.39 bits per heavy atom. The van der Waals surface area contributed by atoms with Crippen LogP contribution in [0.5, 0.6) is 5.75 Å². The predicted molar refractivity (Wildman–Crippen MR) is 137 cm³/mol. The Morgan fingerprint density at radius 1 is 1.00 bits per heavy atom. The lowest BCUT2D eigenvalue weighted by molar-refractivity contribution is -0.128. The van der Waals surface area contributed by atoms with Crippen LogP contribution >= 0.6 is 0 Å². The number of likely N-dealkylation sites (N-methyl/N-ethyl adjacent to an activating group) is 1. The van der Waals surface area contributed by atoms with Gasteiger partial charge in [0.15, 0.2) is 6.10 Å². The van der Waals surface area contributed by atoms with Gasteiger partial charge in [-0.25, -0.2) is 8.42 Å². The number of sulfonamides is 1. The Balaban J connectivity index is 1.45. The van der Waals surface area contributed by atoms with Crippen LogP contribution in [0.3, 0.4) is 0 Å². The summed E-state index contributed by atoms with van der Waals surface area (Å²) in [5, 5.41) is 2.87. The fraction of sp³-hybridized carbons (Fsp3) is 0.259. The summed E-state index contributed by atoms with van der Waals surface area (Å²) in [6, 6.07) is 23.2. The molecule has 1 N–H and O–H groups in total. The molecule has 4 rings (SSSR count). The van der Waals surface area contributed by atoms with E-state index in [4.69, 9.17) is 4.74 Å². The molecule has 1 atom stereocenters. The van der Waals surface area contributed by atoms with Gasteiger partial charge in [0, 0.05) is 13.6 Å². The van der Waals surface area contributed by atoms with Gasteiger partial charge in [-0.2, -0.15) is 4.31 Å². The first-order valence-corrected chi connectivity index (χ1v) is 13.1. The van der Waals surface area contributed by atoms with Gasteiger partial charge in [-0.05, 0) is 43.2 Å². The highest BCUT2D eigenvalue weighted by Gasteiger charge is 2.35. The third-order valence-electron chi connectivity index (χ3n) is 6.01. The average molecular weight is 508 g/mol. The molecule has 3 aromatic rings. The SMILES string of the molecule is Cc1ccc(S(=O)(=O)N(C)CC(=O)N2C[C@@H](C(=O)NCCc3ccccc3)Oc3ccccc32)cc1. The van der Waals surface area contributed by atoms with Crippen LogP contribution in [-0.4, -0.2) is 57.3 Å². The monoisotopic (exact) mass is 507 g/mol. The Bertz CT molecular complexity index is 1330. The van der Waals surface area contributed by atoms with Crippen molar-refractivity contribution in [3.8, 4) is 5.75 Å². The number of nitrogens with one attached hydrogen (secondary N) is 1. The average Bonchev–Trinajstić information content (AvgIpc) is 2.88. The van der Waals surface area contributed by atoms with Gasteiger partial charge in [-0.15, -0.1) is 0 Å².